The van der Waals surface area contributed by atoms with E-state index in [4.69, 9.17) is 4.74 Å². The second kappa shape index (κ2) is 11.6. The Bertz CT molecular complexity index is 779. The van der Waals surface area contributed by atoms with Crippen LogP contribution < -0.4 is 5.32 Å². The smallest absolute Gasteiger partial charge is 0.306 e. The van der Waals surface area contributed by atoms with Crippen molar-refractivity contribution in [1.29, 1.82) is 0 Å². The van der Waals surface area contributed by atoms with E-state index in [1.807, 2.05) is 42.5 Å². The summed E-state index contributed by atoms with van der Waals surface area (Å²) in [5, 5.41) is 12.5. The molecular weight excluding hydrogens is 396 g/mol. The number of rotatable bonds is 5. The quantitative estimate of drug-likeness (QED) is 0.552. The Morgan fingerprint density at radius 2 is 2.00 bits per heavy atom. The summed E-state index contributed by atoms with van der Waals surface area (Å²) in [6.45, 7) is 0.677. The molecule has 7 heteroatoms. The van der Waals surface area contributed by atoms with E-state index >= 15 is 0 Å². The fourth-order valence-electron chi connectivity index (χ4n) is 4.18. The molecule has 0 unspecified atom stereocenters. The normalized spacial score (nSPS) is 25.3. The third-order valence-electron chi connectivity index (χ3n) is 5.92. The van der Waals surface area contributed by atoms with Crippen molar-refractivity contribution < 1.29 is 24.2 Å². The molecule has 2 amide bonds. The van der Waals surface area contributed by atoms with E-state index < -0.39 is 5.92 Å². The van der Waals surface area contributed by atoms with E-state index in [-0.39, 0.29) is 55.9 Å². The van der Waals surface area contributed by atoms with Crippen molar-refractivity contribution in [1.82, 2.24) is 10.2 Å². The number of aliphatic hydroxyl groups excluding tert-OH is 1. The van der Waals surface area contributed by atoms with Crippen LogP contribution in [-0.2, 0) is 25.5 Å². The third kappa shape index (κ3) is 6.92. The molecule has 3 rings (SSSR count). The topological polar surface area (TPSA) is 95.9 Å². The summed E-state index contributed by atoms with van der Waals surface area (Å²) in [6.07, 6.45) is 7.30. The van der Waals surface area contributed by atoms with Crippen molar-refractivity contribution in [3.8, 4) is 0 Å². The standard InChI is InChI=1S/C24H32N2O5/c27-16-21-11-7-13-26(21)22(28)15-19-10-5-2-6-12-23(29)31-17-20(25-24(19)30)14-18-8-3-1-4-9-18/h1-5,8-9,19-21,27H,6-7,10-17H2,(H,25,30)/t19-,20+,21+/m1/s1. The van der Waals surface area contributed by atoms with Gasteiger partial charge in [-0.1, -0.05) is 42.5 Å². The highest BCUT2D eigenvalue weighted by atomic mass is 16.5. The van der Waals surface area contributed by atoms with Gasteiger partial charge < -0.3 is 20.1 Å². The summed E-state index contributed by atoms with van der Waals surface area (Å²) in [5.41, 5.74) is 1.03. The van der Waals surface area contributed by atoms with Crippen LogP contribution in [0.15, 0.2) is 42.5 Å². The first kappa shape index (κ1) is 23.0. The first-order chi connectivity index (χ1) is 15.1. The van der Waals surface area contributed by atoms with Gasteiger partial charge in [0.2, 0.25) is 11.8 Å². The number of carbonyl (C=O) groups excluding carboxylic acids is 3. The lowest BCUT2D eigenvalue weighted by Crippen LogP contribution is -2.45. The van der Waals surface area contributed by atoms with E-state index in [1.54, 1.807) is 4.90 Å². The van der Waals surface area contributed by atoms with E-state index in [0.717, 1.165) is 18.4 Å². The predicted octanol–water partition coefficient (Wildman–Crippen LogP) is 1.99. The second-order valence-corrected chi connectivity index (χ2v) is 8.29. The Labute approximate surface area is 183 Å². The summed E-state index contributed by atoms with van der Waals surface area (Å²) < 4.78 is 5.38. The molecular formula is C24H32N2O5. The largest absolute Gasteiger partial charge is 0.463 e. The molecule has 2 heterocycles. The molecule has 2 aliphatic heterocycles. The van der Waals surface area contributed by atoms with E-state index in [1.165, 1.54) is 0 Å². The number of nitrogens with zero attached hydrogens (tertiary/aromatic N) is 1. The van der Waals surface area contributed by atoms with Crippen molar-refractivity contribution in [2.75, 3.05) is 19.8 Å². The lowest BCUT2D eigenvalue weighted by molar-refractivity contribution is -0.145. The number of allylic oxidation sites excluding steroid dienone is 2. The third-order valence-corrected chi connectivity index (χ3v) is 5.92. The van der Waals surface area contributed by atoms with Gasteiger partial charge in [-0.05, 0) is 37.7 Å². The number of nitrogens with one attached hydrogen (secondary N) is 1. The number of amides is 2. The highest BCUT2D eigenvalue weighted by molar-refractivity contribution is 5.86. The van der Waals surface area contributed by atoms with E-state index in [2.05, 4.69) is 5.32 Å². The zero-order valence-electron chi connectivity index (χ0n) is 17.9. The first-order valence-electron chi connectivity index (χ1n) is 11.1. The molecule has 1 aromatic rings. The maximum absolute atomic E-state index is 13.1. The zero-order chi connectivity index (χ0) is 22.1. The molecule has 0 saturated carbocycles. The lowest BCUT2D eigenvalue weighted by Gasteiger charge is -2.26. The maximum Gasteiger partial charge on any atom is 0.306 e. The average molecular weight is 429 g/mol. The first-order valence-corrected chi connectivity index (χ1v) is 11.1. The molecule has 0 aromatic heterocycles. The fourth-order valence-corrected chi connectivity index (χ4v) is 4.18. The van der Waals surface area contributed by atoms with Crippen LogP contribution in [0.2, 0.25) is 0 Å². The summed E-state index contributed by atoms with van der Waals surface area (Å²) in [4.78, 5) is 39.6. The molecule has 7 nitrogen and oxygen atoms in total. The molecule has 3 atom stereocenters. The lowest BCUT2D eigenvalue weighted by atomic mass is 9.97. The molecule has 1 fully saturated rings. The van der Waals surface area contributed by atoms with Gasteiger partial charge >= 0.3 is 5.97 Å². The van der Waals surface area contributed by atoms with Gasteiger partial charge in [0.15, 0.2) is 0 Å². The van der Waals surface area contributed by atoms with Gasteiger partial charge in [0.25, 0.3) is 0 Å². The van der Waals surface area contributed by atoms with Crippen LogP contribution in [-0.4, -0.2) is 59.6 Å². The van der Waals surface area contributed by atoms with Gasteiger partial charge in [0.05, 0.1) is 24.6 Å². The number of hydrogen-bond acceptors (Lipinski definition) is 5. The number of benzene rings is 1. The summed E-state index contributed by atoms with van der Waals surface area (Å²) >= 11 is 0. The Morgan fingerprint density at radius 1 is 1.19 bits per heavy atom. The van der Waals surface area contributed by atoms with E-state index in [0.29, 0.717) is 25.8 Å². The summed E-state index contributed by atoms with van der Waals surface area (Å²) in [6, 6.07) is 9.21. The van der Waals surface area contributed by atoms with Gasteiger partial charge in [0.1, 0.15) is 6.61 Å². The van der Waals surface area contributed by atoms with Crippen LogP contribution in [0.1, 0.15) is 44.1 Å². The summed E-state index contributed by atoms with van der Waals surface area (Å²) in [5.74, 6) is -1.09. The summed E-state index contributed by atoms with van der Waals surface area (Å²) in [7, 11) is 0. The molecule has 168 valence electrons. The number of esters is 1. The molecule has 0 aliphatic carbocycles. The van der Waals surface area contributed by atoms with Crippen LogP contribution in [0.5, 0.6) is 0 Å². The number of carbonyl (C=O) groups is 3. The van der Waals surface area contributed by atoms with Crippen LogP contribution in [0.25, 0.3) is 0 Å². The Morgan fingerprint density at radius 3 is 2.77 bits per heavy atom. The van der Waals surface area contributed by atoms with Gasteiger partial charge in [-0.2, -0.15) is 0 Å². The zero-order valence-corrected chi connectivity index (χ0v) is 17.9. The van der Waals surface area contributed by atoms with Crippen molar-refractivity contribution in [2.45, 2.75) is 57.0 Å². The number of ether oxygens (including phenoxy) is 1. The molecule has 1 saturated heterocycles. The second-order valence-electron chi connectivity index (χ2n) is 8.29. The highest BCUT2D eigenvalue weighted by Crippen LogP contribution is 2.21. The average Bonchev–Trinajstić information content (AvgIpc) is 3.25. The highest BCUT2D eigenvalue weighted by Gasteiger charge is 2.31. The minimum atomic E-state index is -0.503. The minimum Gasteiger partial charge on any atom is -0.463 e. The van der Waals surface area contributed by atoms with E-state index in [9.17, 15) is 19.5 Å². The Kier molecular flexibility index (Phi) is 8.64. The monoisotopic (exact) mass is 428 g/mol. The van der Waals surface area contributed by atoms with Crippen LogP contribution in [0, 0.1) is 5.92 Å². The number of likely N-dealkylation sites (tertiary alicyclic amines) is 1. The maximum atomic E-state index is 13.1. The molecule has 0 bridgehead atoms. The van der Waals surface area contributed by atoms with Crippen molar-refractivity contribution in [3.05, 3.63) is 48.0 Å². The van der Waals surface area contributed by atoms with Crippen molar-refractivity contribution in [3.63, 3.8) is 0 Å². The molecule has 2 aliphatic rings. The molecule has 0 radical (unpaired) electrons. The fraction of sp³-hybridized carbons (Fsp3) is 0.542. The predicted molar refractivity (Wildman–Crippen MR) is 116 cm³/mol. The van der Waals surface area contributed by atoms with Crippen molar-refractivity contribution in [2.24, 2.45) is 5.92 Å². The molecule has 31 heavy (non-hydrogen) atoms. The minimum absolute atomic E-state index is 0.0486. The van der Waals surface area contributed by atoms with Gasteiger partial charge in [-0.15, -0.1) is 0 Å². The number of hydrogen-bond donors (Lipinski definition) is 2. The SMILES string of the molecule is O=C1CCC=CC[C@H](CC(=O)N2CCC[C@H]2CO)C(=O)N[C@@H](Cc2ccccc2)CO1. The Hall–Kier alpha value is -2.67. The molecule has 1 aromatic carbocycles. The number of aliphatic hydroxyl groups is 1. The van der Waals surface area contributed by atoms with Crippen molar-refractivity contribution >= 4 is 17.8 Å². The number of cyclic esters (lactones) is 1. The van der Waals surface area contributed by atoms with Gasteiger partial charge in [-0.25, -0.2) is 0 Å². The Balaban J connectivity index is 1.71. The van der Waals surface area contributed by atoms with Crippen LogP contribution >= 0.6 is 0 Å². The molecule has 0 spiro atoms. The van der Waals surface area contributed by atoms with Crippen LogP contribution in [0.3, 0.4) is 0 Å². The van der Waals surface area contributed by atoms with Gasteiger partial charge in [-0.3, -0.25) is 14.4 Å². The molecule has 2 N–H and O–H groups in total. The van der Waals surface area contributed by atoms with Crippen LogP contribution in [0.4, 0.5) is 0 Å². The van der Waals surface area contributed by atoms with Gasteiger partial charge in [0, 0.05) is 19.4 Å².